The first-order chi connectivity index (χ1) is 37.2. The Hall–Kier alpha value is -8.69. The van der Waals surface area contributed by atoms with E-state index >= 15 is 0 Å². The van der Waals surface area contributed by atoms with Crippen molar-refractivity contribution in [2.75, 3.05) is 9.80 Å². The van der Waals surface area contributed by atoms with Gasteiger partial charge in [-0.15, -0.1) is 23.5 Å². The third-order valence-corrected chi connectivity index (χ3v) is 18.5. The lowest BCUT2D eigenvalue weighted by Crippen LogP contribution is -2.22. The minimum absolute atomic E-state index is 0.00458. The highest BCUT2D eigenvalue weighted by molar-refractivity contribution is 8.00. The van der Waals surface area contributed by atoms with Gasteiger partial charge in [-0.05, 0) is 129 Å². The molecule has 75 heavy (non-hydrogen) atoms. The van der Waals surface area contributed by atoms with E-state index in [9.17, 15) is 0 Å². The van der Waals surface area contributed by atoms with Crippen LogP contribution in [0.5, 0.6) is 0 Å². The monoisotopic (exact) mass is 996 g/mol. The van der Waals surface area contributed by atoms with Gasteiger partial charge in [-0.2, -0.15) is 9.97 Å². The highest BCUT2D eigenvalue weighted by atomic mass is 32.2. The van der Waals surface area contributed by atoms with Gasteiger partial charge in [-0.3, -0.25) is 0 Å². The van der Waals surface area contributed by atoms with Crippen LogP contribution in [0.25, 0.3) is 72.5 Å². The molecule has 0 fully saturated rings. The number of rotatable bonds is 7. The Morgan fingerprint density at radius 3 is 1.25 bits per heavy atom. The van der Waals surface area contributed by atoms with Crippen LogP contribution in [0.3, 0.4) is 0 Å². The largest absolute Gasteiger partial charge is 0.332 e. The fraction of sp³-hybridized carbons (Fsp3) is 0.0597. The number of thioether (sulfide) groups is 2. The summed E-state index contributed by atoms with van der Waals surface area (Å²) in [6.45, 7) is 0. The molecule has 0 radical (unpaired) electrons. The SMILES string of the molecule is c1ccc(-c2nc(-c3ccccc3)nc(N3c4ccc(-c5ccc6c(c5)c5cc(-c7ccc8c(c7)C7Sc9ccccc9C7N8c7ccccc7)ccc5n6-c5ccccc5)cc4C4Sc5ccccc5C43)n2)cc1. The highest BCUT2D eigenvalue weighted by Gasteiger charge is 2.48. The quantitative estimate of drug-likeness (QED) is 0.158. The van der Waals surface area contributed by atoms with E-state index in [1.165, 1.54) is 87.5 Å². The molecule has 8 heteroatoms. The molecular formula is C67H44N6S2. The molecule has 0 saturated carbocycles. The van der Waals surface area contributed by atoms with Crippen molar-refractivity contribution >= 4 is 68.3 Å². The van der Waals surface area contributed by atoms with Gasteiger partial charge in [0.1, 0.15) is 0 Å². The van der Waals surface area contributed by atoms with Crippen molar-refractivity contribution in [2.45, 2.75) is 32.4 Å². The smallest absolute Gasteiger partial charge is 0.234 e. The second-order valence-electron chi connectivity index (χ2n) is 19.8. The highest BCUT2D eigenvalue weighted by Crippen LogP contribution is 2.66. The fourth-order valence-electron chi connectivity index (χ4n) is 12.3. The molecule has 0 spiro atoms. The van der Waals surface area contributed by atoms with Crippen LogP contribution in [-0.2, 0) is 0 Å². The molecule has 4 unspecified atom stereocenters. The summed E-state index contributed by atoms with van der Waals surface area (Å²) in [5.41, 5.74) is 19.2. The number of anilines is 4. The Morgan fingerprint density at radius 1 is 0.320 bits per heavy atom. The van der Waals surface area contributed by atoms with Crippen LogP contribution < -0.4 is 9.80 Å². The van der Waals surface area contributed by atoms with E-state index in [2.05, 4.69) is 221 Å². The Kier molecular flexibility index (Phi) is 9.66. The Bertz CT molecular complexity index is 4180. The third-order valence-electron chi connectivity index (χ3n) is 15.7. The van der Waals surface area contributed by atoms with Crippen LogP contribution in [0, 0.1) is 0 Å². The predicted molar refractivity (Wildman–Crippen MR) is 309 cm³/mol. The molecule has 0 N–H and O–H groups in total. The topological polar surface area (TPSA) is 50.1 Å². The molecule has 6 heterocycles. The minimum atomic E-state index is 0.00458. The van der Waals surface area contributed by atoms with Gasteiger partial charge in [0.25, 0.3) is 0 Å². The van der Waals surface area contributed by atoms with E-state index in [1.54, 1.807) is 0 Å². The molecule has 10 aromatic carbocycles. The molecular weight excluding hydrogens is 953 g/mol. The second-order valence-corrected chi connectivity index (χ2v) is 22.2. The number of hydrogen-bond acceptors (Lipinski definition) is 7. The Balaban J connectivity index is 0.830. The van der Waals surface area contributed by atoms with Gasteiger partial charge in [0.05, 0.1) is 33.6 Å². The molecule has 6 nitrogen and oxygen atoms in total. The lowest BCUT2D eigenvalue weighted by molar-refractivity contribution is 0.717. The molecule has 12 aromatic rings. The van der Waals surface area contributed by atoms with Crippen molar-refractivity contribution in [1.29, 1.82) is 0 Å². The first kappa shape index (κ1) is 42.8. The molecule has 2 aromatic heterocycles. The summed E-state index contributed by atoms with van der Waals surface area (Å²) >= 11 is 3.95. The maximum atomic E-state index is 5.29. The number of aromatic nitrogens is 4. The maximum absolute atomic E-state index is 5.29. The van der Waals surface area contributed by atoms with Crippen molar-refractivity contribution in [3.8, 4) is 50.7 Å². The number of hydrogen-bond donors (Lipinski definition) is 0. The van der Waals surface area contributed by atoms with Gasteiger partial charge in [0.15, 0.2) is 11.6 Å². The van der Waals surface area contributed by atoms with E-state index in [0.29, 0.717) is 22.8 Å². The Morgan fingerprint density at radius 2 is 0.733 bits per heavy atom. The van der Waals surface area contributed by atoms with Gasteiger partial charge >= 0.3 is 0 Å². The van der Waals surface area contributed by atoms with Crippen molar-refractivity contribution in [2.24, 2.45) is 0 Å². The first-order valence-electron chi connectivity index (χ1n) is 25.6. The standard InChI is InChI=1S/C67H44N6S2/c1-5-17-41(18-6-1)65-68-66(42-19-7-2-8-20-42)70-67(69-65)73-58-36-32-46(40-54(58)64-62(73)50-26-14-16-28-60(50)75-64)44-30-34-56-52(38-44)51-37-43(29-33-55(51)71(56)47-21-9-3-10-22-47)45-31-35-57-53(39-45)63-61(49-25-13-15-27-59(49)74-63)72(57)48-23-11-4-12-24-48/h1-40,61-64H. The molecule has 0 amide bonds. The van der Waals surface area contributed by atoms with Crippen LogP contribution in [0.1, 0.15) is 44.8 Å². The summed E-state index contributed by atoms with van der Waals surface area (Å²) in [6, 6.07) is 88.6. The number of fused-ring (bicyclic) bond motifs is 13. The van der Waals surface area contributed by atoms with Crippen LogP contribution in [0.2, 0.25) is 0 Å². The first-order valence-corrected chi connectivity index (χ1v) is 27.4. The van der Waals surface area contributed by atoms with Crippen molar-refractivity contribution in [1.82, 2.24) is 19.5 Å². The molecule has 0 bridgehead atoms. The molecule has 0 saturated heterocycles. The zero-order valence-electron chi connectivity index (χ0n) is 40.4. The normalized spacial score (nSPS) is 17.7. The van der Waals surface area contributed by atoms with Crippen LogP contribution >= 0.6 is 23.5 Å². The van der Waals surface area contributed by atoms with Gasteiger partial charge in [-0.25, -0.2) is 4.98 Å². The van der Waals surface area contributed by atoms with Gasteiger partial charge in [0.2, 0.25) is 5.95 Å². The van der Waals surface area contributed by atoms with E-state index in [4.69, 9.17) is 15.0 Å². The Labute approximate surface area is 443 Å². The zero-order valence-corrected chi connectivity index (χ0v) is 42.0. The van der Waals surface area contributed by atoms with Crippen LogP contribution in [0.15, 0.2) is 252 Å². The number of para-hydroxylation sites is 2. The van der Waals surface area contributed by atoms with Gasteiger partial charge < -0.3 is 14.4 Å². The van der Waals surface area contributed by atoms with Gasteiger partial charge in [-0.1, -0.05) is 158 Å². The summed E-state index contributed by atoms with van der Waals surface area (Å²) in [4.78, 5) is 23.3. The zero-order chi connectivity index (χ0) is 49.1. The lowest BCUT2D eigenvalue weighted by atomic mass is 9.96. The van der Waals surface area contributed by atoms with Gasteiger partial charge in [0, 0.05) is 54.4 Å². The maximum Gasteiger partial charge on any atom is 0.234 e. The number of benzene rings is 10. The molecule has 4 aliphatic rings. The predicted octanol–water partition coefficient (Wildman–Crippen LogP) is 17.7. The third kappa shape index (κ3) is 6.72. The second kappa shape index (κ2) is 16.9. The van der Waals surface area contributed by atoms with E-state index in [-0.39, 0.29) is 17.3 Å². The van der Waals surface area contributed by atoms with E-state index in [0.717, 1.165) is 22.5 Å². The summed E-state index contributed by atoms with van der Waals surface area (Å²) in [5.74, 6) is 1.96. The number of nitrogens with zero attached hydrogens (tertiary/aromatic N) is 6. The van der Waals surface area contributed by atoms with Crippen LogP contribution in [-0.4, -0.2) is 19.5 Å². The summed E-state index contributed by atoms with van der Waals surface area (Å²) < 4.78 is 2.43. The van der Waals surface area contributed by atoms with Crippen molar-refractivity contribution in [3.05, 3.63) is 265 Å². The summed E-state index contributed by atoms with van der Waals surface area (Å²) in [5, 5.41) is 2.89. The van der Waals surface area contributed by atoms with Crippen LogP contribution in [0.4, 0.5) is 23.0 Å². The van der Waals surface area contributed by atoms with E-state index < -0.39 is 0 Å². The summed E-state index contributed by atoms with van der Waals surface area (Å²) in [6.07, 6.45) is 0. The molecule has 4 atom stereocenters. The lowest BCUT2D eigenvalue weighted by Gasteiger charge is -2.27. The average molecular weight is 997 g/mol. The van der Waals surface area contributed by atoms with E-state index in [1.807, 2.05) is 59.9 Å². The van der Waals surface area contributed by atoms with Crippen molar-refractivity contribution in [3.63, 3.8) is 0 Å². The summed E-state index contributed by atoms with van der Waals surface area (Å²) in [7, 11) is 0. The molecule has 16 rings (SSSR count). The minimum Gasteiger partial charge on any atom is -0.332 e. The molecule has 0 aliphatic carbocycles. The average Bonchev–Trinajstić information content (AvgIpc) is 4.29. The molecule has 4 aliphatic heterocycles. The molecule has 354 valence electrons. The fourth-order valence-corrected chi connectivity index (χ4v) is 15.3. The van der Waals surface area contributed by atoms with Crippen molar-refractivity contribution < 1.29 is 0 Å².